The van der Waals surface area contributed by atoms with Gasteiger partial charge in [-0.15, -0.1) is 0 Å². The summed E-state index contributed by atoms with van der Waals surface area (Å²) in [6.07, 6.45) is 3.86. The summed E-state index contributed by atoms with van der Waals surface area (Å²) in [6.45, 7) is 0.728. The van der Waals surface area contributed by atoms with Gasteiger partial charge in [0, 0.05) is 35.1 Å². The van der Waals surface area contributed by atoms with E-state index >= 15 is 0 Å². The number of fused-ring (bicyclic) bond motifs is 1. The van der Waals surface area contributed by atoms with Crippen molar-refractivity contribution in [2.75, 3.05) is 16.2 Å². The van der Waals surface area contributed by atoms with Crippen LogP contribution in [-0.2, 0) is 22.5 Å². The van der Waals surface area contributed by atoms with Crippen LogP contribution in [0.15, 0.2) is 18.2 Å². The van der Waals surface area contributed by atoms with Crippen molar-refractivity contribution in [3.8, 4) is 0 Å². The maximum Gasteiger partial charge on any atom is 0.230 e. The van der Waals surface area contributed by atoms with Gasteiger partial charge in [0.15, 0.2) is 0 Å². The first-order chi connectivity index (χ1) is 9.15. The summed E-state index contributed by atoms with van der Waals surface area (Å²) in [5.41, 5.74) is 2.48. The zero-order chi connectivity index (χ0) is 13.4. The van der Waals surface area contributed by atoms with Crippen LogP contribution in [0.3, 0.4) is 0 Å². The van der Waals surface area contributed by atoms with Crippen LogP contribution in [0.1, 0.15) is 24.8 Å². The molecule has 0 bridgehead atoms. The van der Waals surface area contributed by atoms with Crippen LogP contribution in [-0.4, -0.2) is 21.2 Å². The second-order valence-electron chi connectivity index (χ2n) is 5.05. The van der Waals surface area contributed by atoms with E-state index in [1.165, 1.54) is 0 Å². The second kappa shape index (κ2) is 4.94. The SMILES string of the molecule is O=C(C1CC1)N1CCCc2ccc(NS(=O)[O-])cc21. The van der Waals surface area contributed by atoms with Crippen molar-refractivity contribution in [2.24, 2.45) is 5.92 Å². The summed E-state index contributed by atoms with van der Waals surface area (Å²) in [6, 6.07) is 5.39. The Bertz CT molecular complexity index is 543. The monoisotopic (exact) mass is 279 g/mol. The van der Waals surface area contributed by atoms with Gasteiger partial charge in [-0.05, 0) is 43.4 Å². The lowest BCUT2D eigenvalue weighted by atomic mass is 10.0. The molecule has 0 spiro atoms. The molecule has 1 aliphatic carbocycles. The van der Waals surface area contributed by atoms with Gasteiger partial charge in [-0.3, -0.25) is 9.00 Å². The third-order valence-electron chi connectivity index (χ3n) is 3.60. The van der Waals surface area contributed by atoms with Crippen LogP contribution in [0.4, 0.5) is 11.4 Å². The van der Waals surface area contributed by atoms with Gasteiger partial charge in [0.1, 0.15) is 0 Å². The number of hydrogen-bond acceptors (Lipinski definition) is 3. The quantitative estimate of drug-likeness (QED) is 0.854. The molecule has 5 nitrogen and oxygen atoms in total. The Balaban J connectivity index is 1.91. The molecule has 102 valence electrons. The minimum atomic E-state index is -2.34. The lowest BCUT2D eigenvalue weighted by Crippen LogP contribution is -2.36. The van der Waals surface area contributed by atoms with Gasteiger partial charge in [-0.2, -0.15) is 0 Å². The molecule has 1 aliphatic heterocycles. The van der Waals surface area contributed by atoms with Crippen molar-refractivity contribution < 1.29 is 13.6 Å². The number of nitrogens with one attached hydrogen (secondary N) is 1. The average Bonchev–Trinajstić information content (AvgIpc) is 3.20. The fraction of sp³-hybridized carbons (Fsp3) is 0.462. The second-order valence-corrected chi connectivity index (χ2v) is 5.72. The smallest absolute Gasteiger partial charge is 0.230 e. The summed E-state index contributed by atoms with van der Waals surface area (Å²) in [5.74, 6) is 0.359. The highest BCUT2D eigenvalue weighted by atomic mass is 32.2. The van der Waals surface area contributed by atoms with Crippen LogP contribution in [0.5, 0.6) is 0 Å². The number of hydrogen-bond donors (Lipinski definition) is 1. The summed E-state index contributed by atoms with van der Waals surface area (Å²) in [4.78, 5) is 14.1. The van der Waals surface area contributed by atoms with Crippen molar-refractivity contribution in [1.82, 2.24) is 0 Å². The minimum Gasteiger partial charge on any atom is -0.755 e. The normalized spacial score (nSPS) is 19.7. The largest absolute Gasteiger partial charge is 0.755 e. The molecule has 2 aliphatic rings. The number of amides is 1. The Hall–Kier alpha value is -1.40. The van der Waals surface area contributed by atoms with Crippen molar-refractivity contribution in [2.45, 2.75) is 25.7 Å². The average molecular weight is 279 g/mol. The predicted octanol–water partition coefficient (Wildman–Crippen LogP) is 1.58. The number of aryl methyl sites for hydroxylation is 1. The van der Waals surface area contributed by atoms with Crippen molar-refractivity contribution in [3.05, 3.63) is 23.8 Å². The third kappa shape index (κ3) is 2.64. The van der Waals surface area contributed by atoms with Crippen molar-refractivity contribution >= 4 is 28.5 Å². The van der Waals surface area contributed by atoms with Crippen molar-refractivity contribution in [1.29, 1.82) is 0 Å². The topological polar surface area (TPSA) is 72.5 Å². The van der Waals surface area contributed by atoms with Gasteiger partial charge in [0.25, 0.3) is 0 Å². The van der Waals surface area contributed by atoms with Crippen LogP contribution in [0.25, 0.3) is 0 Å². The molecule has 0 radical (unpaired) electrons. The fourth-order valence-electron chi connectivity index (χ4n) is 2.51. The Morgan fingerprint density at radius 1 is 1.42 bits per heavy atom. The molecule has 1 aromatic carbocycles. The molecule has 1 atom stereocenters. The zero-order valence-corrected chi connectivity index (χ0v) is 11.2. The predicted molar refractivity (Wildman–Crippen MR) is 72.4 cm³/mol. The molecule has 1 aromatic rings. The third-order valence-corrected chi connectivity index (χ3v) is 4.00. The molecule has 0 aromatic heterocycles. The molecule has 1 amide bonds. The number of carbonyl (C=O) groups is 1. The minimum absolute atomic E-state index is 0.177. The van der Waals surface area contributed by atoms with Gasteiger partial charge in [-0.1, -0.05) is 6.07 Å². The Morgan fingerprint density at radius 3 is 2.89 bits per heavy atom. The van der Waals surface area contributed by atoms with Gasteiger partial charge < -0.3 is 14.2 Å². The molecule has 1 saturated carbocycles. The van der Waals surface area contributed by atoms with Gasteiger partial charge in [0.2, 0.25) is 5.91 Å². The Kier molecular flexibility index (Phi) is 3.28. The summed E-state index contributed by atoms with van der Waals surface area (Å²) in [7, 11) is 0. The maximum atomic E-state index is 12.2. The van der Waals surface area contributed by atoms with E-state index in [0.717, 1.165) is 43.5 Å². The lowest BCUT2D eigenvalue weighted by Gasteiger charge is -2.30. The van der Waals surface area contributed by atoms with Gasteiger partial charge >= 0.3 is 0 Å². The molecule has 1 N–H and O–H groups in total. The molecule has 19 heavy (non-hydrogen) atoms. The lowest BCUT2D eigenvalue weighted by molar-refractivity contribution is -0.119. The molecular formula is C13H15N2O3S-. The number of nitrogens with zero attached hydrogens (tertiary/aromatic N) is 1. The van der Waals surface area contributed by atoms with E-state index in [1.807, 2.05) is 11.0 Å². The summed E-state index contributed by atoms with van der Waals surface area (Å²) >= 11 is -2.34. The van der Waals surface area contributed by atoms with E-state index in [0.29, 0.717) is 5.69 Å². The molecule has 0 saturated heterocycles. The first-order valence-corrected chi connectivity index (χ1v) is 7.53. The van der Waals surface area contributed by atoms with Crippen LogP contribution in [0, 0.1) is 5.92 Å². The maximum absolute atomic E-state index is 12.2. The first-order valence-electron chi connectivity index (χ1n) is 6.45. The van der Waals surface area contributed by atoms with Gasteiger partial charge in [0.05, 0.1) is 0 Å². The first kappa shape index (κ1) is 12.6. The summed E-state index contributed by atoms with van der Waals surface area (Å²) in [5, 5.41) is 0. The molecular weight excluding hydrogens is 264 g/mol. The summed E-state index contributed by atoms with van der Waals surface area (Å²) < 4.78 is 23.7. The Morgan fingerprint density at radius 2 is 2.21 bits per heavy atom. The molecule has 3 rings (SSSR count). The number of benzene rings is 1. The number of carbonyl (C=O) groups excluding carboxylic acids is 1. The Labute approximate surface area is 114 Å². The highest BCUT2D eigenvalue weighted by molar-refractivity contribution is 7.80. The highest BCUT2D eigenvalue weighted by Gasteiger charge is 2.35. The van der Waals surface area contributed by atoms with E-state index in [9.17, 15) is 13.6 Å². The molecule has 1 fully saturated rings. The standard InChI is InChI=1S/C13H16N2O3S/c16-13(10-3-4-10)15-7-1-2-9-5-6-11(8-12(9)15)14-19(17)18/h5-6,8,10,14H,1-4,7H2,(H,17,18)/p-1. The molecule has 6 heteroatoms. The van der Waals surface area contributed by atoms with Crippen LogP contribution < -0.4 is 9.62 Å². The van der Waals surface area contributed by atoms with E-state index in [1.54, 1.807) is 12.1 Å². The molecule has 1 unspecified atom stereocenters. The van der Waals surface area contributed by atoms with E-state index in [4.69, 9.17) is 0 Å². The number of rotatable bonds is 3. The van der Waals surface area contributed by atoms with Crippen molar-refractivity contribution in [3.63, 3.8) is 0 Å². The van der Waals surface area contributed by atoms with E-state index in [-0.39, 0.29) is 11.8 Å². The van der Waals surface area contributed by atoms with Crippen LogP contribution >= 0.6 is 0 Å². The fourth-order valence-corrected chi connectivity index (χ4v) is 2.83. The highest BCUT2D eigenvalue weighted by Crippen LogP contribution is 2.36. The number of anilines is 2. The molecule has 1 heterocycles. The van der Waals surface area contributed by atoms with Gasteiger partial charge in [-0.25, -0.2) is 0 Å². The van der Waals surface area contributed by atoms with E-state index < -0.39 is 11.3 Å². The van der Waals surface area contributed by atoms with Crippen LogP contribution in [0.2, 0.25) is 0 Å². The van der Waals surface area contributed by atoms with E-state index in [2.05, 4.69) is 4.72 Å². The zero-order valence-electron chi connectivity index (χ0n) is 10.4.